The maximum Gasteiger partial charge on any atom is 0.411 e. The van der Waals surface area contributed by atoms with E-state index < -0.39 is 28.9 Å². The van der Waals surface area contributed by atoms with Crippen LogP contribution in [0.1, 0.15) is 25.0 Å². The van der Waals surface area contributed by atoms with Gasteiger partial charge in [-0.25, -0.2) is 9.59 Å². The van der Waals surface area contributed by atoms with Crippen LogP contribution in [0.2, 0.25) is 0 Å². The molecule has 0 bridgehead atoms. The fourth-order valence-electron chi connectivity index (χ4n) is 4.32. The second-order valence-corrected chi connectivity index (χ2v) is 10.9. The summed E-state index contributed by atoms with van der Waals surface area (Å²) in [5.41, 5.74) is 1.86. The zero-order chi connectivity index (χ0) is 25.9. The van der Waals surface area contributed by atoms with Gasteiger partial charge in [-0.15, -0.1) is 11.8 Å². The monoisotopic (exact) mass is 531 g/mol. The molecule has 3 atom stereocenters. The molecule has 4 rings (SSSR count). The highest BCUT2D eigenvalue weighted by atomic mass is 35.5. The number of carbonyl (C=O) groups excluding carboxylic acids is 4. The van der Waals surface area contributed by atoms with Crippen LogP contribution in [0.3, 0.4) is 0 Å². The maximum absolute atomic E-state index is 12.8. The van der Waals surface area contributed by atoms with Gasteiger partial charge in [0.25, 0.3) is 0 Å². The highest BCUT2D eigenvalue weighted by Crippen LogP contribution is 2.51. The molecule has 0 saturated carbocycles. The molecule has 2 aromatic carbocycles. The van der Waals surface area contributed by atoms with E-state index in [1.807, 2.05) is 44.2 Å². The molecule has 2 saturated heterocycles. The Morgan fingerprint density at radius 3 is 2.47 bits per heavy atom. The van der Waals surface area contributed by atoms with Gasteiger partial charge in [0.2, 0.25) is 11.8 Å². The molecule has 0 aromatic heterocycles. The quantitative estimate of drug-likeness (QED) is 0.305. The molecular weight excluding hydrogens is 506 g/mol. The number of carbonyl (C=O) groups is 4. The van der Waals surface area contributed by atoms with Crippen molar-refractivity contribution in [2.45, 2.75) is 49.1 Å². The number of anilines is 1. The molecule has 0 spiro atoms. The van der Waals surface area contributed by atoms with E-state index in [0.717, 1.165) is 5.56 Å². The topological polar surface area (TPSA) is 114 Å². The number of nitrogens with one attached hydrogen (secondary N) is 2. The summed E-state index contributed by atoms with van der Waals surface area (Å²) < 4.78 is 9.60. The Morgan fingerprint density at radius 1 is 1.06 bits per heavy atom. The molecule has 0 aliphatic carbocycles. The van der Waals surface area contributed by atoms with E-state index in [4.69, 9.17) is 21.1 Å². The van der Waals surface area contributed by atoms with E-state index in [0.29, 0.717) is 11.3 Å². The van der Waals surface area contributed by atoms with Gasteiger partial charge in [-0.2, -0.15) is 0 Å². The number of rotatable bonds is 8. The number of thioether (sulfide) groups is 1. The molecule has 2 fully saturated rings. The third kappa shape index (κ3) is 5.44. The summed E-state index contributed by atoms with van der Waals surface area (Å²) in [7, 11) is 0. The fraction of sp³-hybridized carbons (Fsp3) is 0.360. The van der Waals surface area contributed by atoms with Gasteiger partial charge in [-0.3, -0.25) is 14.9 Å². The number of ether oxygens (including phenoxy) is 2. The molecule has 11 heteroatoms. The Hall–Kier alpha value is -3.24. The highest BCUT2D eigenvalue weighted by Gasteiger charge is 2.64. The number of alkyl halides is 1. The van der Waals surface area contributed by atoms with E-state index in [2.05, 4.69) is 10.6 Å². The van der Waals surface area contributed by atoms with Crippen molar-refractivity contribution in [1.82, 2.24) is 10.2 Å². The van der Waals surface area contributed by atoms with Crippen molar-refractivity contribution in [1.29, 1.82) is 0 Å². The smallest absolute Gasteiger partial charge is 0.411 e. The average Bonchev–Trinajstić information content (AvgIpc) is 3.11. The summed E-state index contributed by atoms with van der Waals surface area (Å²) >= 11 is 6.95. The highest BCUT2D eigenvalue weighted by molar-refractivity contribution is 8.01. The number of halogens is 1. The van der Waals surface area contributed by atoms with Crippen molar-refractivity contribution >= 4 is 52.9 Å². The van der Waals surface area contributed by atoms with Crippen molar-refractivity contribution in [2.24, 2.45) is 0 Å². The first-order valence-electron chi connectivity index (χ1n) is 11.3. The molecule has 3 amide bonds. The number of hydrogen-bond donors (Lipinski definition) is 2. The lowest BCUT2D eigenvalue weighted by Gasteiger charge is -2.43. The average molecular weight is 532 g/mol. The summed E-state index contributed by atoms with van der Waals surface area (Å²) in [5, 5.41) is 5.06. The van der Waals surface area contributed by atoms with E-state index in [9.17, 15) is 19.2 Å². The van der Waals surface area contributed by atoms with E-state index >= 15 is 0 Å². The zero-order valence-corrected chi connectivity index (χ0v) is 21.3. The summed E-state index contributed by atoms with van der Waals surface area (Å²) in [4.78, 5) is 51.8. The van der Waals surface area contributed by atoms with Gasteiger partial charge in [-0.05, 0) is 31.0 Å². The SMILES string of the molecule is CC1(C)S[C@@H]2C(NC(=O)Cc3ccccc3NC(=O)OCc3ccccc3)C(=O)N2[C@H]1C(=O)OCCl. The standard InChI is InChI=1S/C25H26ClN3O6S/c1-25(2)20(23(32)35-14-26)29-21(31)19(22(29)36-25)28-18(30)12-16-10-6-7-11-17(16)27-24(33)34-13-15-8-4-3-5-9-15/h3-11,19-20,22H,12-14H2,1-2H3,(H,27,33)(H,28,30)/t19?,20-,22+/m0/s1. The molecule has 0 radical (unpaired) electrons. The van der Waals surface area contributed by atoms with Crippen LogP contribution in [0.5, 0.6) is 0 Å². The van der Waals surface area contributed by atoms with Gasteiger partial charge in [0.15, 0.2) is 6.07 Å². The molecule has 2 heterocycles. The Kier molecular flexibility index (Phi) is 7.75. The number of nitrogens with zero attached hydrogens (tertiary/aromatic N) is 1. The number of benzene rings is 2. The van der Waals surface area contributed by atoms with Gasteiger partial charge in [0.05, 0.1) is 6.42 Å². The Balaban J connectivity index is 1.35. The van der Waals surface area contributed by atoms with Gasteiger partial charge < -0.3 is 19.7 Å². The van der Waals surface area contributed by atoms with Crippen LogP contribution in [0.15, 0.2) is 54.6 Å². The third-order valence-electron chi connectivity index (χ3n) is 6.00. The maximum atomic E-state index is 12.8. The van der Waals surface area contributed by atoms with Crippen LogP contribution in [0.25, 0.3) is 0 Å². The van der Waals surface area contributed by atoms with E-state index in [1.165, 1.54) is 16.7 Å². The van der Waals surface area contributed by atoms with Crippen molar-refractivity contribution in [2.75, 3.05) is 11.4 Å². The minimum Gasteiger partial charge on any atom is -0.448 e. The van der Waals surface area contributed by atoms with Crippen LogP contribution in [0.4, 0.5) is 10.5 Å². The normalized spacial score (nSPS) is 21.7. The number of β-lactam (4-membered cyclic amide) rings is 1. The molecule has 2 aliphatic heterocycles. The minimum atomic E-state index is -0.779. The van der Waals surface area contributed by atoms with E-state index in [-0.39, 0.29) is 36.3 Å². The Labute approximate surface area is 217 Å². The van der Waals surface area contributed by atoms with Crippen molar-refractivity contribution < 1.29 is 28.7 Å². The first-order chi connectivity index (χ1) is 17.2. The van der Waals surface area contributed by atoms with Crippen LogP contribution in [-0.4, -0.2) is 57.0 Å². The largest absolute Gasteiger partial charge is 0.448 e. The molecule has 2 N–H and O–H groups in total. The Bertz CT molecular complexity index is 1160. The number of hydrogen-bond acceptors (Lipinski definition) is 7. The first-order valence-corrected chi connectivity index (χ1v) is 12.7. The Morgan fingerprint density at radius 2 is 1.75 bits per heavy atom. The summed E-state index contributed by atoms with van der Waals surface area (Å²) in [6, 6.07) is 14.3. The second kappa shape index (κ2) is 10.8. The lowest BCUT2D eigenvalue weighted by molar-refractivity contribution is -0.163. The van der Waals surface area contributed by atoms with Crippen LogP contribution in [0, 0.1) is 0 Å². The predicted molar refractivity (Wildman–Crippen MR) is 135 cm³/mol. The number of fused-ring (bicyclic) bond motifs is 1. The lowest BCUT2D eigenvalue weighted by atomic mass is 9.96. The molecule has 1 unspecified atom stereocenters. The van der Waals surface area contributed by atoms with Crippen LogP contribution < -0.4 is 10.6 Å². The first kappa shape index (κ1) is 25.8. The second-order valence-electron chi connectivity index (χ2n) is 8.90. The van der Waals surface area contributed by atoms with E-state index in [1.54, 1.807) is 24.3 Å². The summed E-state index contributed by atoms with van der Waals surface area (Å²) in [5.74, 6) is -1.30. The summed E-state index contributed by atoms with van der Waals surface area (Å²) in [6.45, 7) is 3.81. The van der Waals surface area contributed by atoms with Gasteiger partial charge in [0, 0.05) is 10.4 Å². The van der Waals surface area contributed by atoms with Gasteiger partial charge in [-0.1, -0.05) is 60.1 Å². The van der Waals surface area contributed by atoms with Crippen LogP contribution in [-0.2, 0) is 36.9 Å². The van der Waals surface area contributed by atoms with Crippen LogP contribution >= 0.6 is 23.4 Å². The van der Waals surface area contributed by atoms with Gasteiger partial charge in [0.1, 0.15) is 24.1 Å². The molecule has 2 aliphatic rings. The lowest BCUT2D eigenvalue weighted by Crippen LogP contribution is -2.70. The zero-order valence-electron chi connectivity index (χ0n) is 19.7. The predicted octanol–water partition coefficient (Wildman–Crippen LogP) is 3.26. The number of para-hydroxylation sites is 1. The molecule has 36 heavy (non-hydrogen) atoms. The minimum absolute atomic E-state index is 0.0581. The summed E-state index contributed by atoms with van der Waals surface area (Å²) in [6.07, 6.45) is -0.701. The molecule has 2 aromatic rings. The third-order valence-corrected chi connectivity index (χ3v) is 7.68. The fourth-order valence-corrected chi connectivity index (χ4v) is 6.05. The molecule has 9 nitrogen and oxygen atoms in total. The van der Waals surface area contributed by atoms with Crippen molar-refractivity contribution in [3.05, 3.63) is 65.7 Å². The van der Waals surface area contributed by atoms with Crippen molar-refractivity contribution in [3.8, 4) is 0 Å². The molecular formula is C25H26ClN3O6S. The van der Waals surface area contributed by atoms with Crippen molar-refractivity contribution in [3.63, 3.8) is 0 Å². The number of amides is 3. The number of esters is 1. The van der Waals surface area contributed by atoms with Gasteiger partial charge >= 0.3 is 12.1 Å². The molecule has 190 valence electrons.